The van der Waals surface area contributed by atoms with Crippen LogP contribution in [0.2, 0.25) is 0 Å². The van der Waals surface area contributed by atoms with Crippen molar-refractivity contribution in [2.75, 3.05) is 17.6 Å². The van der Waals surface area contributed by atoms with Crippen LogP contribution in [0.1, 0.15) is 17.2 Å². The lowest BCUT2D eigenvalue weighted by Crippen LogP contribution is -2.31. The van der Waals surface area contributed by atoms with Crippen LogP contribution in [0.25, 0.3) is 0 Å². The van der Waals surface area contributed by atoms with Crippen molar-refractivity contribution in [1.82, 2.24) is 15.5 Å². The molecule has 2 N–H and O–H groups in total. The molecule has 0 saturated heterocycles. The molecule has 3 aromatic rings. The van der Waals surface area contributed by atoms with Gasteiger partial charge in [-0.2, -0.15) is 0 Å². The largest absolute Gasteiger partial charge is 0.357 e. The highest BCUT2D eigenvalue weighted by molar-refractivity contribution is 8.01. The number of nitrogens with one attached hydrogen (secondary N) is 2. The molecule has 0 bridgehead atoms. The Kier molecular flexibility index (Phi) is 7.63. The molecule has 3 rings (SSSR count). The van der Waals surface area contributed by atoms with E-state index in [0.29, 0.717) is 12.3 Å². The number of carbonyl (C=O) groups is 1. The molecule has 0 saturated carbocycles. The van der Waals surface area contributed by atoms with E-state index in [9.17, 15) is 4.79 Å². The molecule has 0 spiro atoms. The Balaban J connectivity index is 1.59. The van der Waals surface area contributed by atoms with E-state index < -0.39 is 0 Å². The van der Waals surface area contributed by atoms with Gasteiger partial charge >= 0.3 is 0 Å². The molecule has 2 aromatic carbocycles. The van der Waals surface area contributed by atoms with Crippen molar-refractivity contribution in [2.45, 2.75) is 16.8 Å². The lowest BCUT2D eigenvalue weighted by molar-refractivity contribution is -0.119. The summed E-state index contributed by atoms with van der Waals surface area (Å²) in [5, 5.41) is 15.1. The van der Waals surface area contributed by atoms with E-state index in [-0.39, 0.29) is 11.9 Å². The summed E-state index contributed by atoms with van der Waals surface area (Å²) in [7, 11) is 0. The Morgan fingerprint density at radius 3 is 2.54 bits per heavy atom. The molecule has 0 aliphatic carbocycles. The van der Waals surface area contributed by atoms with Crippen LogP contribution in [0.4, 0.5) is 5.13 Å². The van der Waals surface area contributed by atoms with Crippen molar-refractivity contribution in [3.63, 3.8) is 0 Å². The molecule has 7 heteroatoms. The van der Waals surface area contributed by atoms with Gasteiger partial charge in [-0.25, -0.2) is 0 Å². The normalized spacial score (nSPS) is 11.6. The maximum Gasteiger partial charge on any atom is 0.230 e. The summed E-state index contributed by atoms with van der Waals surface area (Å²) < 4.78 is 0.765. The van der Waals surface area contributed by atoms with Crippen molar-refractivity contribution in [3.05, 3.63) is 84.4 Å². The zero-order chi connectivity index (χ0) is 19.6. The molecule has 0 fully saturated rings. The third-order valence-corrected chi connectivity index (χ3v) is 5.96. The van der Waals surface area contributed by atoms with E-state index in [1.54, 1.807) is 6.08 Å². The quantitative estimate of drug-likeness (QED) is 0.385. The predicted molar refractivity (Wildman–Crippen MR) is 117 cm³/mol. The summed E-state index contributed by atoms with van der Waals surface area (Å²) in [6.45, 7) is 4.30. The number of benzene rings is 2. The second-order valence-corrected chi connectivity index (χ2v) is 8.25. The average Bonchev–Trinajstić information content (AvgIpc) is 3.19. The van der Waals surface area contributed by atoms with Crippen LogP contribution in [-0.2, 0) is 11.2 Å². The van der Waals surface area contributed by atoms with E-state index in [0.717, 1.165) is 21.5 Å². The van der Waals surface area contributed by atoms with Gasteiger partial charge in [-0.3, -0.25) is 4.79 Å². The summed E-state index contributed by atoms with van der Waals surface area (Å²) in [5.41, 5.74) is 2.28. The number of hydrogen-bond donors (Lipinski definition) is 2. The molecule has 1 amide bonds. The van der Waals surface area contributed by atoms with Gasteiger partial charge in [0.1, 0.15) is 0 Å². The Labute approximate surface area is 173 Å². The first-order valence-corrected chi connectivity index (χ1v) is 10.7. The van der Waals surface area contributed by atoms with Gasteiger partial charge in [-0.15, -0.1) is 16.8 Å². The number of rotatable bonds is 10. The highest BCUT2D eigenvalue weighted by Crippen LogP contribution is 2.25. The maximum absolute atomic E-state index is 12.6. The Hall–Kier alpha value is -2.64. The monoisotopic (exact) mass is 410 g/mol. The SMILES string of the molecule is C=CCNc1nnc(SCC(=O)N[C@H](Cc2ccccc2)c2ccccc2)s1. The minimum Gasteiger partial charge on any atom is -0.357 e. The molecular weight excluding hydrogens is 388 g/mol. The van der Waals surface area contributed by atoms with Crippen LogP contribution in [-0.4, -0.2) is 28.4 Å². The van der Waals surface area contributed by atoms with Crippen LogP contribution in [0, 0.1) is 0 Å². The smallest absolute Gasteiger partial charge is 0.230 e. The number of anilines is 1. The van der Waals surface area contributed by atoms with Gasteiger partial charge in [0.2, 0.25) is 11.0 Å². The Morgan fingerprint density at radius 2 is 1.82 bits per heavy atom. The van der Waals surface area contributed by atoms with Gasteiger partial charge in [0.25, 0.3) is 0 Å². The highest BCUT2D eigenvalue weighted by atomic mass is 32.2. The van der Waals surface area contributed by atoms with E-state index in [1.807, 2.05) is 48.5 Å². The van der Waals surface area contributed by atoms with Gasteiger partial charge in [0.05, 0.1) is 11.8 Å². The molecule has 0 aliphatic rings. The number of amides is 1. The fraction of sp³-hybridized carbons (Fsp3) is 0.190. The average molecular weight is 411 g/mol. The summed E-state index contributed by atoms with van der Waals surface area (Å²) in [4.78, 5) is 12.6. The zero-order valence-corrected chi connectivity index (χ0v) is 17.0. The van der Waals surface area contributed by atoms with Crippen LogP contribution in [0.15, 0.2) is 77.7 Å². The topological polar surface area (TPSA) is 66.9 Å². The molecule has 1 heterocycles. The van der Waals surface area contributed by atoms with E-state index in [1.165, 1.54) is 28.7 Å². The first-order chi connectivity index (χ1) is 13.7. The summed E-state index contributed by atoms with van der Waals surface area (Å²) in [6.07, 6.45) is 2.51. The van der Waals surface area contributed by atoms with Gasteiger partial charge < -0.3 is 10.6 Å². The predicted octanol–water partition coefficient (Wildman–Crippen LogP) is 4.33. The lowest BCUT2D eigenvalue weighted by atomic mass is 9.99. The highest BCUT2D eigenvalue weighted by Gasteiger charge is 2.16. The Morgan fingerprint density at radius 1 is 1.11 bits per heavy atom. The summed E-state index contributed by atoms with van der Waals surface area (Å²) >= 11 is 2.83. The summed E-state index contributed by atoms with van der Waals surface area (Å²) in [5.74, 6) is 0.277. The molecular formula is C21H22N4OS2. The molecule has 28 heavy (non-hydrogen) atoms. The minimum atomic E-state index is -0.0732. The first-order valence-electron chi connectivity index (χ1n) is 8.94. The van der Waals surface area contributed by atoms with Crippen LogP contribution in [0.5, 0.6) is 0 Å². The lowest BCUT2D eigenvalue weighted by Gasteiger charge is -2.19. The van der Waals surface area contributed by atoms with Crippen LogP contribution >= 0.6 is 23.1 Å². The van der Waals surface area contributed by atoms with Crippen molar-refractivity contribution < 1.29 is 4.79 Å². The summed E-state index contributed by atoms with van der Waals surface area (Å²) in [6, 6.07) is 20.2. The van der Waals surface area contributed by atoms with Crippen molar-refractivity contribution in [3.8, 4) is 0 Å². The zero-order valence-electron chi connectivity index (χ0n) is 15.4. The number of hydrogen-bond acceptors (Lipinski definition) is 6. The molecule has 0 aliphatic heterocycles. The second kappa shape index (κ2) is 10.6. The number of nitrogens with zero attached hydrogens (tertiary/aromatic N) is 2. The maximum atomic E-state index is 12.6. The first kappa shape index (κ1) is 20.1. The third-order valence-electron chi connectivity index (χ3n) is 3.95. The van der Waals surface area contributed by atoms with Gasteiger partial charge in [-0.1, -0.05) is 89.8 Å². The van der Waals surface area contributed by atoms with Gasteiger partial charge in [0.15, 0.2) is 4.34 Å². The minimum absolute atomic E-state index is 0.0226. The number of thioether (sulfide) groups is 1. The third kappa shape index (κ3) is 6.21. The standard InChI is InChI=1S/C21H22N4OS2/c1-2-13-22-20-24-25-21(28-20)27-15-19(26)23-18(17-11-7-4-8-12-17)14-16-9-5-3-6-10-16/h2-12,18H,1,13-15H2,(H,22,24)(H,23,26)/t18-/m1/s1. The number of carbonyl (C=O) groups excluding carboxylic acids is 1. The van der Waals surface area contributed by atoms with Crippen molar-refractivity contribution in [2.24, 2.45) is 0 Å². The fourth-order valence-corrected chi connectivity index (χ4v) is 4.22. The number of aromatic nitrogens is 2. The molecule has 1 aromatic heterocycles. The molecule has 0 radical (unpaired) electrons. The van der Waals surface area contributed by atoms with Crippen LogP contribution < -0.4 is 10.6 Å². The van der Waals surface area contributed by atoms with Crippen molar-refractivity contribution >= 4 is 34.1 Å². The fourth-order valence-electron chi connectivity index (χ4n) is 2.65. The van der Waals surface area contributed by atoms with Gasteiger partial charge in [0, 0.05) is 6.54 Å². The molecule has 1 atom stereocenters. The van der Waals surface area contributed by atoms with E-state index in [2.05, 4.69) is 39.5 Å². The molecule has 5 nitrogen and oxygen atoms in total. The molecule has 144 valence electrons. The van der Waals surface area contributed by atoms with Gasteiger partial charge in [-0.05, 0) is 17.5 Å². The second-order valence-electron chi connectivity index (χ2n) is 6.05. The van der Waals surface area contributed by atoms with Crippen molar-refractivity contribution in [1.29, 1.82) is 0 Å². The van der Waals surface area contributed by atoms with E-state index in [4.69, 9.17) is 0 Å². The van der Waals surface area contributed by atoms with Crippen LogP contribution in [0.3, 0.4) is 0 Å². The Bertz CT molecular complexity index is 884. The van der Waals surface area contributed by atoms with E-state index >= 15 is 0 Å². The molecule has 0 unspecified atom stereocenters.